The number of alkyl halides is 3. The van der Waals surface area contributed by atoms with Crippen LogP contribution in [0.2, 0.25) is 0 Å². The summed E-state index contributed by atoms with van der Waals surface area (Å²) in [5.41, 5.74) is -2.82. The van der Waals surface area contributed by atoms with Gasteiger partial charge in [-0.2, -0.15) is 17.5 Å². The van der Waals surface area contributed by atoms with Gasteiger partial charge in [-0.15, -0.1) is 0 Å². The Kier molecular flexibility index (Phi) is 3.78. The summed E-state index contributed by atoms with van der Waals surface area (Å²) in [6.07, 6.45) is -4.82. The first-order valence-electron chi connectivity index (χ1n) is 5.87. The zero-order chi connectivity index (χ0) is 15.0. The third-order valence-electron chi connectivity index (χ3n) is 3.32. The third-order valence-corrected chi connectivity index (χ3v) is 5.13. The molecule has 0 amide bonds. The Morgan fingerprint density at radius 3 is 2.30 bits per heavy atom. The van der Waals surface area contributed by atoms with E-state index in [4.69, 9.17) is 0 Å². The average Bonchev–Trinajstić information content (AvgIpc) is 2.39. The number of hydrogen-bond acceptors (Lipinski definition) is 4. The predicted molar refractivity (Wildman–Crippen MR) is 63.2 cm³/mol. The maximum atomic E-state index is 12.6. The number of nitrogens with zero attached hydrogens (tertiary/aromatic N) is 2. The maximum Gasteiger partial charge on any atom is 0.417 e. The lowest BCUT2D eigenvalue weighted by Gasteiger charge is -2.38. The topological polar surface area (TPSA) is 70.5 Å². The zero-order valence-corrected chi connectivity index (χ0v) is 11.2. The molecule has 1 fully saturated rings. The average molecular weight is 310 g/mol. The largest absolute Gasteiger partial charge is 0.417 e. The number of aromatic nitrogens is 1. The molecule has 2 heterocycles. The van der Waals surface area contributed by atoms with Gasteiger partial charge in [-0.05, 0) is 25.0 Å². The fourth-order valence-electron chi connectivity index (χ4n) is 2.01. The van der Waals surface area contributed by atoms with E-state index in [9.17, 15) is 26.7 Å². The van der Waals surface area contributed by atoms with Gasteiger partial charge in [0.1, 0.15) is 0 Å². The molecule has 0 unspecified atom stereocenters. The SMILES string of the molecule is O=S(=O)(c1ccccn1)N1CCC(O)(C(F)(F)F)CC1. The molecule has 1 aliphatic heterocycles. The molecule has 1 aromatic rings. The van der Waals surface area contributed by atoms with Crippen LogP contribution in [-0.2, 0) is 10.0 Å². The molecule has 0 aromatic carbocycles. The number of piperidine rings is 1. The molecule has 20 heavy (non-hydrogen) atoms. The number of rotatable bonds is 2. The number of hydrogen-bond donors (Lipinski definition) is 1. The Bertz CT molecular complexity index is 566. The lowest BCUT2D eigenvalue weighted by atomic mass is 9.92. The summed E-state index contributed by atoms with van der Waals surface area (Å²) in [6.45, 7) is -0.788. The van der Waals surface area contributed by atoms with Gasteiger partial charge in [0, 0.05) is 19.3 Å². The van der Waals surface area contributed by atoms with Crippen molar-refractivity contribution in [2.24, 2.45) is 0 Å². The standard InChI is InChI=1S/C11H13F3N2O3S/c12-11(13,14)10(17)4-7-16(8-5-10)20(18,19)9-3-1-2-6-15-9/h1-3,6,17H,4-5,7-8H2. The lowest BCUT2D eigenvalue weighted by Crippen LogP contribution is -2.54. The summed E-state index contributed by atoms with van der Waals surface area (Å²) in [4.78, 5) is 3.70. The number of halogens is 3. The molecule has 2 rings (SSSR count). The molecular formula is C11H13F3N2O3S. The molecule has 0 saturated carbocycles. The van der Waals surface area contributed by atoms with Gasteiger partial charge in [0.05, 0.1) is 0 Å². The molecule has 112 valence electrons. The van der Waals surface area contributed by atoms with Crippen molar-refractivity contribution >= 4 is 10.0 Å². The van der Waals surface area contributed by atoms with Crippen LogP contribution in [0.15, 0.2) is 29.4 Å². The van der Waals surface area contributed by atoms with Gasteiger partial charge in [-0.25, -0.2) is 13.4 Å². The van der Waals surface area contributed by atoms with Gasteiger partial charge in [0.25, 0.3) is 10.0 Å². The van der Waals surface area contributed by atoms with Gasteiger partial charge in [0.15, 0.2) is 10.6 Å². The van der Waals surface area contributed by atoms with E-state index in [1.165, 1.54) is 24.4 Å². The monoisotopic (exact) mass is 310 g/mol. The van der Waals surface area contributed by atoms with Crippen molar-refractivity contribution in [2.75, 3.05) is 13.1 Å². The van der Waals surface area contributed by atoms with Crippen molar-refractivity contribution in [3.8, 4) is 0 Å². The molecule has 1 aliphatic rings. The highest BCUT2D eigenvalue weighted by molar-refractivity contribution is 7.89. The maximum absolute atomic E-state index is 12.6. The van der Waals surface area contributed by atoms with Crippen molar-refractivity contribution in [2.45, 2.75) is 29.6 Å². The minimum Gasteiger partial charge on any atom is -0.380 e. The summed E-state index contributed by atoms with van der Waals surface area (Å²) < 4.78 is 63.1. The van der Waals surface area contributed by atoms with Crippen molar-refractivity contribution in [3.05, 3.63) is 24.4 Å². The van der Waals surface area contributed by atoms with Gasteiger partial charge < -0.3 is 5.11 Å². The second-order valence-corrected chi connectivity index (χ2v) is 6.49. The zero-order valence-electron chi connectivity index (χ0n) is 10.3. The summed E-state index contributed by atoms with van der Waals surface area (Å²) in [7, 11) is -3.91. The second kappa shape index (κ2) is 4.97. The molecule has 0 spiro atoms. The Balaban J connectivity index is 2.16. The van der Waals surface area contributed by atoms with Crippen LogP contribution in [0, 0.1) is 0 Å². The Hall–Kier alpha value is -1.19. The van der Waals surface area contributed by atoms with Crippen LogP contribution in [-0.4, -0.2) is 47.7 Å². The van der Waals surface area contributed by atoms with Crippen LogP contribution in [0.3, 0.4) is 0 Å². The second-order valence-electron chi connectivity index (χ2n) is 4.60. The summed E-state index contributed by atoms with van der Waals surface area (Å²) in [5.74, 6) is 0. The first-order valence-corrected chi connectivity index (χ1v) is 7.31. The minimum absolute atomic E-state index is 0.211. The van der Waals surface area contributed by atoms with Gasteiger partial charge >= 0.3 is 6.18 Å². The molecule has 0 atom stereocenters. The van der Waals surface area contributed by atoms with E-state index in [0.717, 1.165) is 4.31 Å². The van der Waals surface area contributed by atoms with Gasteiger partial charge in [-0.3, -0.25) is 0 Å². The summed E-state index contributed by atoms with van der Waals surface area (Å²) in [5, 5.41) is 9.29. The predicted octanol–water partition coefficient (Wildman–Crippen LogP) is 1.16. The van der Waals surface area contributed by atoms with E-state index in [1.807, 2.05) is 0 Å². The highest BCUT2D eigenvalue weighted by atomic mass is 32.2. The molecule has 1 aromatic heterocycles. The van der Waals surface area contributed by atoms with Crippen molar-refractivity contribution in [3.63, 3.8) is 0 Å². The molecule has 1 saturated heterocycles. The highest BCUT2D eigenvalue weighted by Gasteiger charge is 2.55. The van der Waals surface area contributed by atoms with Crippen molar-refractivity contribution in [1.82, 2.24) is 9.29 Å². The molecule has 0 radical (unpaired) electrons. The molecule has 0 aliphatic carbocycles. The van der Waals surface area contributed by atoms with E-state index in [2.05, 4.69) is 4.98 Å². The highest BCUT2D eigenvalue weighted by Crippen LogP contribution is 2.39. The summed E-state index contributed by atoms with van der Waals surface area (Å²) >= 11 is 0. The summed E-state index contributed by atoms with van der Waals surface area (Å²) in [6, 6.07) is 4.30. The Morgan fingerprint density at radius 1 is 1.25 bits per heavy atom. The third kappa shape index (κ3) is 2.65. The fourth-order valence-corrected chi connectivity index (χ4v) is 3.38. The Labute approximate surface area is 114 Å². The van der Waals surface area contributed by atoms with E-state index in [0.29, 0.717) is 0 Å². The van der Waals surface area contributed by atoms with Crippen LogP contribution < -0.4 is 0 Å². The van der Waals surface area contributed by atoms with Gasteiger partial charge in [-0.1, -0.05) is 6.07 Å². The van der Waals surface area contributed by atoms with E-state index in [1.54, 1.807) is 0 Å². The molecule has 1 N–H and O–H groups in total. The number of aliphatic hydroxyl groups is 1. The lowest BCUT2D eigenvalue weighted by molar-refractivity contribution is -0.270. The van der Waals surface area contributed by atoms with E-state index >= 15 is 0 Å². The first kappa shape index (κ1) is 15.2. The molecule has 5 nitrogen and oxygen atoms in total. The first-order chi connectivity index (χ1) is 9.17. The Morgan fingerprint density at radius 2 is 1.85 bits per heavy atom. The normalized spacial score (nSPS) is 20.8. The van der Waals surface area contributed by atoms with Crippen LogP contribution in [0.25, 0.3) is 0 Å². The minimum atomic E-state index is -4.76. The van der Waals surface area contributed by atoms with Crippen LogP contribution >= 0.6 is 0 Å². The quantitative estimate of drug-likeness (QED) is 0.890. The number of pyridine rings is 1. The van der Waals surface area contributed by atoms with E-state index < -0.39 is 47.7 Å². The molecular weight excluding hydrogens is 297 g/mol. The van der Waals surface area contributed by atoms with Crippen molar-refractivity contribution in [1.29, 1.82) is 0 Å². The fraction of sp³-hybridized carbons (Fsp3) is 0.545. The number of sulfonamides is 1. The smallest absolute Gasteiger partial charge is 0.380 e. The van der Waals surface area contributed by atoms with Crippen LogP contribution in [0.5, 0.6) is 0 Å². The van der Waals surface area contributed by atoms with Crippen molar-refractivity contribution < 1.29 is 26.7 Å². The van der Waals surface area contributed by atoms with Crippen LogP contribution in [0.1, 0.15) is 12.8 Å². The van der Waals surface area contributed by atoms with Gasteiger partial charge in [0.2, 0.25) is 0 Å². The van der Waals surface area contributed by atoms with Crippen LogP contribution in [0.4, 0.5) is 13.2 Å². The molecule has 9 heteroatoms. The molecule has 0 bridgehead atoms. The van der Waals surface area contributed by atoms with E-state index in [-0.39, 0.29) is 5.03 Å².